The first-order chi connectivity index (χ1) is 10.6. The molecule has 4 nitrogen and oxygen atoms in total. The van der Waals surface area contributed by atoms with Gasteiger partial charge in [0.2, 0.25) is 0 Å². The van der Waals surface area contributed by atoms with Crippen LogP contribution in [0.2, 0.25) is 0 Å². The van der Waals surface area contributed by atoms with E-state index in [4.69, 9.17) is 0 Å². The van der Waals surface area contributed by atoms with Crippen LogP contribution in [0.4, 0.5) is 16.2 Å². The van der Waals surface area contributed by atoms with Crippen LogP contribution in [-0.2, 0) is 0 Å². The zero-order chi connectivity index (χ0) is 15.5. The van der Waals surface area contributed by atoms with Crippen LogP contribution >= 0.6 is 0 Å². The third-order valence-corrected chi connectivity index (χ3v) is 3.42. The summed E-state index contributed by atoms with van der Waals surface area (Å²) < 4.78 is 0. The van der Waals surface area contributed by atoms with Crippen molar-refractivity contribution in [1.82, 2.24) is 0 Å². The second-order valence-electron chi connectivity index (χ2n) is 5.16. The maximum atomic E-state index is 12.1. The number of hydrogen-bond acceptors (Lipinski definition) is 2. The molecule has 0 heterocycles. The van der Waals surface area contributed by atoms with Gasteiger partial charge in [0, 0.05) is 11.1 Å². The zero-order valence-corrected chi connectivity index (χ0v) is 12.1. The number of hydrogen-bond donors (Lipinski definition) is 3. The second-order valence-corrected chi connectivity index (χ2v) is 5.16. The lowest BCUT2D eigenvalue weighted by Gasteiger charge is -2.10. The van der Waals surface area contributed by atoms with Gasteiger partial charge in [-0.3, -0.25) is 0 Å². The number of rotatable bonds is 2. The van der Waals surface area contributed by atoms with Crippen LogP contribution in [-0.4, -0.2) is 11.1 Å². The van der Waals surface area contributed by atoms with Crippen LogP contribution in [0, 0.1) is 6.92 Å². The Morgan fingerprint density at radius 3 is 2.50 bits per heavy atom. The molecule has 0 saturated heterocycles. The summed E-state index contributed by atoms with van der Waals surface area (Å²) in [5.74, 6) is 0.167. The van der Waals surface area contributed by atoms with E-state index in [0.717, 1.165) is 22.0 Å². The lowest BCUT2D eigenvalue weighted by molar-refractivity contribution is 0.262. The summed E-state index contributed by atoms with van der Waals surface area (Å²) in [5, 5.41) is 17.0. The first-order valence-corrected chi connectivity index (χ1v) is 6.98. The summed E-state index contributed by atoms with van der Waals surface area (Å²) in [6, 6.07) is 17.9. The van der Waals surface area contributed by atoms with Crippen LogP contribution < -0.4 is 10.6 Å². The van der Waals surface area contributed by atoms with E-state index in [1.807, 2.05) is 49.4 Å². The minimum Gasteiger partial charge on any atom is -0.508 e. The number of fused-ring (bicyclic) bond motifs is 1. The molecule has 0 radical (unpaired) electrons. The Kier molecular flexibility index (Phi) is 3.66. The van der Waals surface area contributed by atoms with E-state index in [0.29, 0.717) is 5.69 Å². The molecule has 0 aliphatic rings. The Labute approximate surface area is 128 Å². The number of carbonyl (C=O) groups excluding carboxylic acids is 1. The Morgan fingerprint density at radius 2 is 1.73 bits per heavy atom. The van der Waals surface area contributed by atoms with Crippen LogP contribution in [0.1, 0.15) is 5.56 Å². The summed E-state index contributed by atoms with van der Waals surface area (Å²) in [4.78, 5) is 12.1. The first kappa shape index (κ1) is 13.9. The molecule has 110 valence electrons. The molecule has 3 aromatic rings. The summed E-state index contributed by atoms with van der Waals surface area (Å²) >= 11 is 0. The van der Waals surface area contributed by atoms with Gasteiger partial charge >= 0.3 is 6.03 Å². The SMILES string of the molecule is Cc1ccc(NC(=O)Nc2cccc3ccc(O)cc23)cc1. The Hall–Kier alpha value is -3.01. The van der Waals surface area contributed by atoms with Crippen molar-refractivity contribution in [1.29, 1.82) is 0 Å². The molecule has 0 unspecified atom stereocenters. The van der Waals surface area contributed by atoms with Gasteiger partial charge in [-0.2, -0.15) is 0 Å². The van der Waals surface area contributed by atoms with E-state index in [1.165, 1.54) is 0 Å². The maximum absolute atomic E-state index is 12.1. The average Bonchev–Trinajstić information content (AvgIpc) is 2.50. The van der Waals surface area contributed by atoms with Gasteiger partial charge in [-0.05, 0) is 42.6 Å². The predicted octanol–water partition coefficient (Wildman–Crippen LogP) is 4.50. The Morgan fingerprint density at radius 1 is 0.955 bits per heavy atom. The number of phenolic OH excluding ortho intramolecular Hbond substituents is 1. The molecule has 22 heavy (non-hydrogen) atoms. The van der Waals surface area contributed by atoms with Crippen molar-refractivity contribution in [2.75, 3.05) is 10.6 Å². The molecule has 0 fully saturated rings. The number of carbonyl (C=O) groups is 1. The summed E-state index contributed by atoms with van der Waals surface area (Å²) in [5.41, 5.74) is 2.51. The van der Waals surface area contributed by atoms with Crippen LogP contribution in [0.25, 0.3) is 10.8 Å². The van der Waals surface area contributed by atoms with E-state index in [1.54, 1.807) is 18.2 Å². The van der Waals surface area contributed by atoms with Gasteiger partial charge in [0.15, 0.2) is 0 Å². The minimum absolute atomic E-state index is 0.167. The molecule has 0 spiro atoms. The molecule has 0 aromatic heterocycles. The van der Waals surface area contributed by atoms with Gasteiger partial charge < -0.3 is 15.7 Å². The quantitative estimate of drug-likeness (QED) is 0.651. The third kappa shape index (κ3) is 3.01. The van der Waals surface area contributed by atoms with Gasteiger partial charge in [-0.1, -0.05) is 35.9 Å². The number of phenols is 1. The molecular weight excluding hydrogens is 276 g/mol. The molecule has 2 amide bonds. The molecule has 0 saturated carbocycles. The molecule has 0 aliphatic carbocycles. The molecule has 4 heteroatoms. The zero-order valence-electron chi connectivity index (χ0n) is 12.1. The topological polar surface area (TPSA) is 61.4 Å². The van der Waals surface area contributed by atoms with Gasteiger partial charge in [-0.25, -0.2) is 4.79 Å². The number of anilines is 2. The smallest absolute Gasteiger partial charge is 0.323 e. The van der Waals surface area contributed by atoms with Crippen molar-refractivity contribution in [2.24, 2.45) is 0 Å². The average molecular weight is 292 g/mol. The van der Waals surface area contributed by atoms with Crippen molar-refractivity contribution in [3.05, 3.63) is 66.2 Å². The fourth-order valence-electron chi connectivity index (χ4n) is 2.29. The second kappa shape index (κ2) is 5.77. The van der Waals surface area contributed by atoms with E-state index < -0.39 is 0 Å². The molecule has 3 rings (SSSR count). The highest BCUT2D eigenvalue weighted by molar-refractivity contribution is 6.06. The monoisotopic (exact) mass is 292 g/mol. The summed E-state index contributed by atoms with van der Waals surface area (Å²) in [6.07, 6.45) is 0. The molecule has 0 bridgehead atoms. The van der Waals surface area contributed by atoms with E-state index in [9.17, 15) is 9.90 Å². The minimum atomic E-state index is -0.320. The lowest BCUT2D eigenvalue weighted by Crippen LogP contribution is -2.19. The number of urea groups is 1. The number of aromatic hydroxyl groups is 1. The van der Waals surface area contributed by atoms with Crippen molar-refractivity contribution >= 4 is 28.2 Å². The van der Waals surface area contributed by atoms with E-state index >= 15 is 0 Å². The molecule has 0 atom stereocenters. The van der Waals surface area contributed by atoms with Crippen LogP contribution in [0.15, 0.2) is 60.7 Å². The van der Waals surface area contributed by atoms with E-state index in [-0.39, 0.29) is 11.8 Å². The summed E-state index contributed by atoms with van der Waals surface area (Å²) in [6.45, 7) is 1.99. The first-order valence-electron chi connectivity index (χ1n) is 6.98. The predicted molar refractivity (Wildman–Crippen MR) is 89.4 cm³/mol. The van der Waals surface area contributed by atoms with Gasteiger partial charge in [-0.15, -0.1) is 0 Å². The van der Waals surface area contributed by atoms with Gasteiger partial charge in [0.1, 0.15) is 5.75 Å². The Bertz CT molecular complexity index is 826. The summed E-state index contributed by atoms with van der Waals surface area (Å²) in [7, 11) is 0. The fourth-order valence-corrected chi connectivity index (χ4v) is 2.29. The maximum Gasteiger partial charge on any atom is 0.323 e. The molecular formula is C18H16N2O2. The van der Waals surface area contributed by atoms with Crippen molar-refractivity contribution in [3.8, 4) is 5.75 Å². The normalized spacial score (nSPS) is 10.4. The lowest BCUT2D eigenvalue weighted by atomic mass is 10.1. The van der Waals surface area contributed by atoms with E-state index in [2.05, 4.69) is 10.6 Å². The fraction of sp³-hybridized carbons (Fsp3) is 0.0556. The molecule has 3 N–H and O–H groups in total. The number of nitrogens with one attached hydrogen (secondary N) is 2. The van der Waals surface area contributed by atoms with Gasteiger partial charge in [0.25, 0.3) is 0 Å². The highest BCUT2D eigenvalue weighted by Gasteiger charge is 2.06. The number of amides is 2. The van der Waals surface area contributed by atoms with Crippen molar-refractivity contribution in [2.45, 2.75) is 6.92 Å². The largest absolute Gasteiger partial charge is 0.508 e. The highest BCUT2D eigenvalue weighted by atomic mass is 16.3. The van der Waals surface area contributed by atoms with Crippen molar-refractivity contribution in [3.63, 3.8) is 0 Å². The van der Waals surface area contributed by atoms with Crippen LogP contribution in [0.5, 0.6) is 5.75 Å². The number of benzene rings is 3. The van der Waals surface area contributed by atoms with Crippen LogP contribution in [0.3, 0.4) is 0 Å². The highest BCUT2D eigenvalue weighted by Crippen LogP contribution is 2.27. The Balaban J connectivity index is 1.82. The molecule has 3 aromatic carbocycles. The van der Waals surface area contributed by atoms with Gasteiger partial charge in [0.05, 0.1) is 5.69 Å². The number of aryl methyl sites for hydroxylation is 1. The van der Waals surface area contributed by atoms with Crippen molar-refractivity contribution < 1.29 is 9.90 Å². The standard InChI is InChI=1S/C18H16N2O2/c1-12-5-8-14(9-6-12)19-18(22)20-17-4-2-3-13-7-10-15(21)11-16(13)17/h2-11,21H,1H3,(H2,19,20,22). The molecule has 0 aliphatic heterocycles. The third-order valence-electron chi connectivity index (χ3n) is 3.42.